The first kappa shape index (κ1) is 19.3. The van der Waals surface area contributed by atoms with E-state index in [0.717, 1.165) is 0 Å². The van der Waals surface area contributed by atoms with Crippen LogP contribution in [0.25, 0.3) is 0 Å². The molecule has 0 nitrogen and oxygen atoms in total. The second-order valence-corrected chi connectivity index (χ2v) is 5.61. The molecule has 1 aliphatic rings. The smallest absolute Gasteiger partial charge is 0.147 e. The Labute approximate surface area is 128 Å². The van der Waals surface area contributed by atoms with Gasteiger partial charge in [-0.1, -0.05) is 0 Å². The van der Waals surface area contributed by atoms with E-state index in [1.807, 2.05) is 0 Å². The SMILES string of the molecule is CCCCCCCCC1=[C]([Zr])CC=C1.Cl.Cl. The molecule has 0 bridgehead atoms. The monoisotopic (exact) mass is 339 g/mol. The van der Waals surface area contributed by atoms with Crippen LogP contribution in [-0.4, -0.2) is 0 Å². The first-order valence-corrected chi connectivity index (χ1v) is 7.17. The Morgan fingerprint density at radius 2 is 1.69 bits per heavy atom. The average molecular weight is 341 g/mol. The van der Waals surface area contributed by atoms with Crippen molar-refractivity contribution in [1.82, 2.24) is 0 Å². The second-order valence-electron chi connectivity index (χ2n) is 4.13. The van der Waals surface area contributed by atoms with Gasteiger partial charge in [0.25, 0.3) is 0 Å². The Hall–Kier alpha value is 0.943. The summed E-state index contributed by atoms with van der Waals surface area (Å²) in [7, 11) is 0. The summed E-state index contributed by atoms with van der Waals surface area (Å²) in [5.74, 6) is 0. The van der Waals surface area contributed by atoms with Gasteiger partial charge in [0.1, 0.15) is 0 Å². The fourth-order valence-electron chi connectivity index (χ4n) is 1.88. The molecule has 0 aromatic heterocycles. The molecule has 0 aromatic rings. The van der Waals surface area contributed by atoms with E-state index in [9.17, 15) is 0 Å². The van der Waals surface area contributed by atoms with Gasteiger partial charge in [0.05, 0.1) is 0 Å². The molecule has 0 amide bonds. The first-order chi connectivity index (χ1) is 6.84. The van der Waals surface area contributed by atoms with Crippen LogP contribution in [0.2, 0.25) is 0 Å². The minimum Gasteiger partial charge on any atom is -0.147 e. The zero-order chi connectivity index (χ0) is 10.2. The van der Waals surface area contributed by atoms with Crippen LogP contribution in [0.15, 0.2) is 21.0 Å². The largest absolute Gasteiger partial charge is 0.147 e. The van der Waals surface area contributed by atoms with Gasteiger partial charge in [0, 0.05) is 0 Å². The number of hydrogen-bond donors (Lipinski definition) is 0. The normalized spacial score (nSPS) is 13.5. The van der Waals surface area contributed by atoms with Gasteiger partial charge >= 0.3 is 104 Å². The van der Waals surface area contributed by atoms with Crippen LogP contribution in [0.5, 0.6) is 0 Å². The van der Waals surface area contributed by atoms with Crippen molar-refractivity contribution in [3.8, 4) is 0 Å². The van der Waals surface area contributed by atoms with Crippen molar-refractivity contribution in [2.24, 2.45) is 0 Å². The second kappa shape index (κ2) is 12.4. The zero-order valence-electron chi connectivity index (χ0n) is 10.1. The summed E-state index contributed by atoms with van der Waals surface area (Å²) < 4.78 is 1.69. The van der Waals surface area contributed by atoms with E-state index in [1.165, 1.54) is 51.4 Å². The molecule has 0 aliphatic heterocycles. The van der Waals surface area contributed by atoms with Crippen LogP contribution in [0.3, 0.4) is 0 Å². The van der Waals surface area contributed by atoms with Gasteiger partial charge in [-0.15, -0.1) is 24.8 Å². The summed E-state index contributed by atoms with van der Waals surface area (Å²) in [6.45, 7) is 2.28. The van der Waals surface area contributed by atoms with Crippen molar-refractivity contribution in [3.05, 3.63) is 21.0 Å². The molecule has 93 valence electrons. The van der Waals surface area contributed by atoms with Crippen molar-refractivity contribution in [3.63, 3.8) is 0 Å². The zero-order valence-corrected chi connectivity index (χ0v) is 14.2. The fraction of sp³-hybridized carbons (Fsp3) is 0.692. The Bertz CT molecular complexity index is 222. The van der Waals surface area contributed by atoms with Gasteiger partial charge in [-0.25, -0.2) is 0 Å². The Morgan fingerprint density at radius 3 is 2.25 bits per heavy atom. The molecule has 16 heavy (non-hydrogen) atoms. The first-order valence-electron chi connectivity index (χ1n) is 5.94. The van der Waals surface area contributed by atoms with Crippen molar-refractivity contribution in [1.29, 1.82) is 0 Å². The maximum absolute atomic E-state index is 2.34. The molecule has 0 N–H and O–H groups in total. The summed E-state index contributed by atoms with van der Waals surface area (Å²) in [6, 6.07) is 0. The Morgan fingerprint density at radius 1 is 1.06 bits per heavy atom. The molecule has 0 atom stereocenters. The summed E-state index contributed by atoms with van der Waals surface area (Å²) in [5, 5.41) is 0. The maximum Gasteiger partial charge on any atom is -0.147 e. The summed E-state index contributed by atoms with van der Waals surface area (Å²) in [4.78, 5) is 0. The molecule has 3 heteroatoms. The molecule has 0 saturated carbocycles. The standard InChI is InChI=1S/C13H21.2ClH.Zr/c1-2-3-4-5-6-7-10-13-11-8-9-12-13;;;/h8,11H,2-7,9-10H2,1H3;2*1H;. The molecule has 0 heterocycles. The van der Waals surface area contributed by atoms with E-state index in [2.05, 4.69) is 19.1 Å². The fourth-order valence-corrected chi connectivity index (χ4v) is 2.68. The summed E-state index contributed by atoms with van der Waals surface area (Å²) in [6.07, 6.45) is 15.7. The quantitative estimate of drug-likeness (QED) is 0.548. The predicted molar refractivity (Wildman–Crippen MR) is 73.3 cm³/mol. The molecular formula is C13H23Cl2Zr. The van der Waals surface area contributed by atoms with Crippen molar-refractivity contribution >= 4 is 24.8 Å². The average Bonchev–Trinajstić information content (AvgIpc) is 2.58. The molecule has 0 radical (unpaired) electrons. The molecule has 1 aliphatic carbocycles. The molecule has 0 saturated heterocycles. The summed E-state index contributed by atoms with van der Waals surface area (Å²) in [5.41, 5.74) is 1.65. The number of allylic oxidation sites excluding steroid dienone is 4. The van der Waals surface area contributed by atoms with E-state index in [0.29, 0.717) is 0 Å². The van der Waals surface area contributed by atoms with Crippen molar-refractivity contribution < 1.29 is 24.7 Å². The van der Waals surface area contributed by atoms with E-state index < -0.39 is 0 Å². The Balaban J connectivity index is 0. The molecule has 0 spiro atoms. The van der Waals surface area contributed by atoms with Crippen LogP contribution in [-0.2, 0) is 24.7 Å². The van der Waals surface area contributed by atoms with Crippen LogP contribution in [0.1, 0.15) is 58.3 Å². The topological polar surface area (TPSA) is 0 Å². The van der Waals surface area contributed by atoms with Crippen LogP contribution < -0.4 is 0 Å². The van der Waals surface area contributed by atoms with Gasteiger partial charge in [-0.3, -0.25) is 0 Å². The van der Waals surface area contributed by atoms with Gasteiger partial charge in [0.15, 0.2) is 0 Å². The molecular weight excluding hydrogens is 318 g/mol. The van der Waals surface area contributed by atoms with Crippen LogP contribution >= 0.6 is 24.8 Å². The van der Waals surface area contributed by atoms with Gasteiger partial charge in [-0.05, 0) is 0 Å². The van der Waals surface area contributed by atoms with Gasteiger partial charge in [-0.2, -0.15) is 0 Å². The minimum atomic E-state index is 0. The van der Waals surface area contributed by atoms with Crippen molar-refractivity contribution in [2.45, 2.75) is 58.3 Å². The van der Waals surface area contributed by atoms with Crippen LogP contribution in [0, 0.1) is 0 Å². The van der Waals surface area contributed by atoms with Crippen molar-refractivity contribution in [2.75, 3.05) is 0 Å². The number of unbranched alkanes of at least 4 members (excludes halogenated alkanes) is 5. The van der Waals surface area contributed by atoms with Crippen LogP contribution in [0.4, 0.5) is 0 Å². The third kappa shape index (κ3) is 8.10. The Kier molecular flexibility index (Phi) is 14.9. The van der Waals surface area contributed by atoms with E-state index in [-0.39, 0.29) is 24.8 Å². The van der Waals surface area contributed by atoms with Gasteiger partial charge < -0.3 is 0 Å². The molecule has 0 aromatic carbocycles. The number of rotatable bonds is 7. The summed E-state index contributed by atoms with van der Waals surface area (Å²) >= 11 is 1.62. The maximum atomic E-state index is 2.34. The molecule has 0 fully saturated rings. The number of halogens is 2. The van der Waals surface area contributed by atoms with E-state index >= 15 is 0 Å². The van der Waals surface area contributed by atoms with Gasteiger partial charge in [0.2, 0.25) is 0 Å². The minimum absolute atomic E-state index is 0. The number of hydrogen-bond acceptors (Lipinski definition) is 0. The predicted octanol–water partition coefficient (Wildman–Crippen LogP) is 5.34. The molecule has 1 rings (SSSR count). The van der Waals surface area contributed by atoms with E-state index in [1.54, 1.807) is 33.6 Å². The third-order valence-electron chi connectivity index (χ3n) is 2.83. The van der Waals surface area contributed by atoms with E-state index in [4.69, 9.17) is 0 Å². The third-order valence-corrected chi connectivity index (χ3v) is 4.12. The molecule has 0 unspecified atom stereocenters.